The fourth-order valence-corrected chi connectivity index (χ4v) is 3.40. The quantitative estimate of drug-likeness (QED) is 0.804. The second-order valence-electron chi connectivity index (χ2n) is 5.54. The minimum Gasteiger partial charge on any atom is -0.397 e. The molecule has 0 amide bonds. The van der Waals surface area contributed by atoms with Crippen LogP contribution in [0, 0.1) is 0 Å². The van der Waals surface area contributed by atoms with Crippen LogP contribution in [0.2, 0.25) is 0 Å². The largest absolute Gasteiger partial charge is 0.397 e. The van der Waals surface area contributed by atoms with Crippen LogP contribution in [-0.4, -0.2) is 46.0 Å². The first-order valence-electron chi connectivity index (χ1n) is 7.20. The molecule has 118 valence electrons. The lowest BCUT2D eigenvalue weighted by molar-refractivity contribution is 0.221. The van der Waals surface area contributed by atoms with Gasteiger partial charge in [-0.05, 0) is 37.6 Å². The minimum absolute atomic E-state index is 0.0537. The van der Waals surface area contributed by atoms with Crippen molar-refractivity contribution >= 4 is 21.4 Å². The zero-order valence-corrected chi connectivity index (χ0v) is 13.4. The Morgan fingerprint density at radius 1 is 1.33 bits per heavy atom. The highest BCUT2D eigenvalue weighted by Gasteiger charge is 2.23. The van der Waals surface area contributed by atoms with Crippen molar-refractivity contribution in [3.8, 4) is 0 Å². The van der Waals surface area contributed by atoms with E-state index in [0.29, 0.717) is 11.7 Å². The normalized spacial score (nSPS) is 17.9. The second kappa shape index (κ2) is 6.21. The van der Waals surface area contributed by atoms with Gasteiger partial charge in [0.1, 0.15) is 0 Å². The Bertz CT molecular complexity index is 595. The summed E-state index contributed by atoms with van der Waals surface area (Å²) in [6.45, 7) is 5.43. The van der Waals surface area contributed by atoms with Crippen molar-refractivity contribution in [1.82, 2.24) is 4.90 Å². The van der Waals surface area contributed by atoms with E-state index in [1.54, 1.807) is 6.07 Å². The molecular formula is C14H24N4O2S. The maximum Gasteiger partial charge on any atom is 0.238 e. The summed E-state index contributed by atoms with van der Waals surface area (Å²) < 4.78 is 22.7. The third-order valence-corrected chi connectivity index (χ3v) is 5.17. The van der Waals surface area contributed by atoms with Crippen LogP contribution in [0.5, 0.6) is 0 Å². The highest BCUT2D eigenvalue weighted by Crippen LogP contribution is 2.29. The molecule has 1 aromatic rings. The zero-order valence-electron chi connectivity index (χ0n) is 12.6. The fourth-order valence-electron chi connectivity index (χ4n) is 2.85. The third kappa shape index (κ3) is 3.66. The summed E-state index contributed by atoms with van der Waals surface area (Å²) in [5.41, 5.74) is 7.31. The standard InChI is InChI=1S/C14H24N4O2S/c1-3-18-8-6-11(7-9-18)17(2)14-5-4-12(10-13(14)15)21(16,19)20/h4-5,10-11H,3,6-9,15H2,1-2H3,(H2,16,19,20). The van der Waals surface area contributed by atoms with Crippen molar-refractivity contribution < 1.29 is 8.42 Å². The van der Waals surface area contributed by atoms with Crippen molar-refractivity contribution in [2.45, 2.75) is 30.7 Å². The van der Waals surface area contributed by atoms with Gasteiger partial charge in [-0.15, -0.1) is 0 Å². The number of rotatable bonds is 4. The number of sulfonamides is 1. The number of nitrogen functional groups attached to an aromatic ring is 1. The molecule has 0 atom stereocenters. The van der Waals surface area contributed by atoms with E-state index in [0.717, 1.165) is 38.2 Å². The first-order chi connectivity index (χ1) is 9.82. The van der Waals surface area contributed by atoms with Crippen LogP contribution in [0.15, 0.2) is 23.1 Å². The molecule has 0 bridgehead atoms. The second-order valence-corrected chi connectivity index (χ2v) is 7.10. The Hall–Kier alpha value is -1.31. The van der Waals surface area contributed by atoms with Gasteiger partial charge in [-0.3, -0.25) is 0 Å². The lowest BCUT2D eigenvalue weighted by atomic mass is 10.0. The van der Waals surface area contributed by atoms with E-state index < -0.39 is 10.0 Å². The first-order valence-corrected chi connectivity index (χ1v) is 8.75. The highest BCUT2D eigenvalue weighted by atomic mass is 32.2. The molecule has 0 aliphatic carbocycles. The molecule has 0 spiro atoms. The van der Waals surface area contributed by atoms with E-state index in [2.05, 4.69) is 16.7 Å². The molecule has 1 saturated heterocycles. The van der Waals surface area contributed by atoms with E-state index >= 15 is 0 Å². The Kier molecular flexibility index (Phi) is 4.75. The summed E-state index contributed by atoms with van der Waals surface area (Å²) in [5, 5.41) is 5.12. The van der Waals surface area contributed by atoms with Crippen molar-refractivity contribution in [3.63, 3.8) is 0 Å². The summed E-state index contributed by atoms with van der Waals surface area (Å²) in [6, 6.07) is 5.11. The molecule has 1 aliphatic rings. The van der Waals surface area contributed by atoms with Crippen LogP contribution in [0.4, 0.5) is 11.4 Å². The van der Waals surface area contributed by atoms with Crippen molar-refractivity contribution in [1.29, 1.82) is 0 Å². The SMILES string of the molecule is CCN1CCC(N(C)c2ccc(S(N)(=O)=O)cc2N)CC1. The summed E-state index contributed by atoms with van der Waals surface area (Å²) in [5.74, 6) is 0. The van der Waals surface area contributed by atoms with Gasteiger partial charge < -0.3 is 15.5 Å². The molecule has 7 heteroatoms. The van der Waals surface area contributed by atoms with Crippen LogP contribution in [0.1, 0.15) is 19.8 Å². The van der Waals surface area contributed by atoms with E-state index in [1.165, 1.54) is 12.1 Å². The lowest BCUT2D eigenvalue weighted by Crippen LogP contribution is -2.43. The predicted octanol–water partition coefficient (Wildman–Crippen LogP) is 0.837. The summed E-state index contributed by atoms with van der Waals surface area (Å²) in [7, 11) is -1.70. The smallest absolute Gasteiger partial charge is 0.238 e. The fraction of sp³-hybridized carbons (Fsp3) is 0.571. The summed E-state index contributed by atoms with van der Waals surface area (Å²) in [6.07, 6.45) is 2.17. The van der Waals surface area contributed by atoms with Gasteiger partial charge >= 0.3 is 0 Å². The van der Waals surface area contributed by atoms with Crippen LogP contribution in [0.3, 0.4) is 0 Å². The van der Waals surface area contributed by atoms with Crippen molar-refractivity contribution in [2.75, 3.05) is 37.3 Å². The lowest BCUT2D eigenvalue weighted by Gasteiger charge is -2.37. The number of benzene rings is 1. The van der Waals surface area contributed by atoms with Gasteiger partial charge in [0.2, 0.25) is 10.0 Å². The van der Waals surface area contributed by atoms with Gasteiger partial charge in [-0.25, -0.2) is 13.6 Å². The Morgan fingerprint density at radius 2 is 1.95 bits per heavy atom. The number of nitrogens with two attached hydrogens (primary N) is 2. The molecule has 4 N–H and O–H groups in total. The number of primary sulfonamides is 1. The number of hydrogen-bond donors (Lipinski definition) is 2. The molecular weight excluding hydrogens is 288 g/mol. The molecule has 1 aliphatic heterocycles. The van der Waals surface area contributed by atoms with Gasteiger partial charge in [-0.2, -0.15) is 0 Å². The average Bonchev–Trinajstić information content (AvgIpc) is 2.45. The number of hydrogen-bond acceptors (Lipinski definition) is 5. The minimum atomic E-state index is -3.71. The van der Waals surface area contributed by atoms with E-state index in [4.69, 9.17) is 10.9 Å². The van der Waals surface area contributed by atoms with Crippen LogP contribution < -0.4 is 15.8 Å². The molecule has 1 fully saturated rings. The maximum atomic E-state index is 11.3. The molecule has 21 heavy (non-hydrogen) atoms. The van der Waals surface area contributed by atoms with E-state index in [1.807, 2.05) is 7.05 Å². The summed E-state index contributed by atoms with van der Waals surface area (Å²) in [4.78, 5) is 4.63. The molecule has 0 aromatic heterocycles. The first kappa shape index (κ1) is 16.1. The van der Waals surface area contributed by atoms with Gasteiger partial charge in [0, 0.05) is 26.2 Å². The highest BCUT2D eigenvalue weighted by molar-refractivity contribution is 7.89. The van der Waals surface area contributed by atoms with Gasteiger partial charge in [0.25, 0.3) is 0 Å². The maximum absolute atomic E-state index is 11.3. The average molecular weight is 312 g/mol. The van der Waals surface area contributed by atoms with Gasteiger partial charge in [-0.1, -0.05) is 6.92 Å². The van der Waals surface area contributed by atoms with Crippen molar-refractivity contribution in [2.24, 2.45) is 5.14 Å². The van der Waals surface area contributed by atoms with E-state index in [9.17, 15) is 8.42 Å². The topological polar surface area (TPSA) is 92.7 Å². The molecule has 1 heterocycles. The number of piperidine rings is 1. The van der Waals surface area contributed by atoms with Crippen LogP contribution >= 0.6 is 0 Å². The van der Waals surface area contributed by atoms with Crippen LogP contribution in [-0.2, 0) is 10.0 Å². The number of anilines is 2. The molecule has 0 saturated carbocycles. The van der Waals surface area contributed by atoms with E-state index in [-0.39, 0.29) is 4.90 Å². The van der Waals surface area contributed by atoms with Crippen molar-refractivity contribution in [3.05, 3.63) is 18.2 Å². The molecule has 1 aromatic carbocycles. The monoisotopic (exact) mass is 312 g/mol. The third-order valence-electron chi connectivity index (χ3n) is 4.26. The predicted molar refractivity (Wildman–Crippen MR) is 85.8 cm³/mol. The molecule has 0 unspecified atom stereocenters. The Labute approximate surface area is 126 Å². The number of nitrogens with zero attached hydrogens (tertiary/aromatic N) is 2. The summed E-state index contributed by atoms with van der Waals surface area (Å²) >= 11 is 0. The van der Waals surface area contributed by atoms with Gasteiger partial charge in [0.15, 0.2) is 0 Å². The Balaban J connectivity index is 2.15. The number of likely N-dealkylation sites (tertiary alicyclic amines) is 1. The zero-order chi connectivity index (χ0) is 15.6. The van der Waals surface area contributed by atoms with Gasteiger partial charge in [0.05, 0.1) is 16.3 Å². The molecule has 2 rings (SSSR count). The molecule has 0 radical (unpaired) electrons. The Morgan fingerprint density at radius 3 is 2.43 bits per heavy atom. The molecule has 6 nitrogen and oxygen atoms in total. The van der Waals surface area contributed by atoms with Crippen LogP contribution in [0.25, 0.3) is 0 Å².